The van der Waals surface area contributed by atoms with Gasteiger partial charge >= 0.3 is 0 Å². The van der Waals surface area contributed by atoms with Crippen LogP contribution in [0, 0.1) is 12.7 Å². The van der Waals surface area contributed by atoms with Crippen molar-refractivity contribution in [2.24, 2.45) is 0 Å². The fourth-order valence-corrected chi connectivity index (χ4v) is 4.82. The van der Waals surface area contributed by atoms with Crippen molar-refractivity contribution >= 4 is 16.0 Å². The molecule has 0 unspecified atom stereocenters. The number of ether oxygens (including phenoxy) is 2. The van der Waals surface area contributed by atoms with Crippen LogP contribution in [0.4, 0.5) is 10.3 Å². The zero-order valence-corrected chi connectivity index (χ0v) is 21.1. The summed E-state index contributed by atoms with van der Waals surface area (Å²) in [7, 11) is -1.10. The van der Waals surface area contributed by atoms with Crippen LogP contribution in [0.2, 0.25) is 0 Å². The Labute approximate surface area is 208 Å². The molecule has 0 aliphatic rings. The van der Waals surface area contributed by atoms with E-state index in [4.69, 9.17) is 13.9 Å². The Kier molecular flexibility index (Phi) is 6.93. The molecule has 0 aliphatic carbocycles. The fourth-order valence-electron chi connectivity index (χ4n) is 3.58. The van der Waals surface area contributed by atoms with Gasteiger partial charge in [0.05, 0.1) is 31.9 Å². The zero-order chi connectivity index (χ0) is 26.0. The highest BCUT2D eigenvalue weighted by Gasteiger charge is 2.32. The molecular formula is C23H27FN6O5S. The number of para-hydroxylation sites is 1. The number of aromatic nitrogens is 5. The Hall–Kier alpha value is -4.00. The summed E-state index contributed by atoms with van der Waals surface area (Å²) in [5, 5.41) is 7.30. The van der Waals surface area contributed by atoms with Crippen molar-refractivity contribution in [3.05, 3.63) is 60.1 Å². The summed E-state index contributed by atoms with van der Waals surface area (Å²) >= 11 is 0. The molecule has 11 nitrogen and oxygen atoms in total. The number of benzene rings is 1. The highest BCUT2D eigenvalue weighted by molar-refractivity contribution is 7.93. The van der Waals surface area contributed by atoms with E-state index in [9.17, 15) is 12.8 Å². The minimum absolute atomic E-state index is 0. The molecule has 0 amide bonds. The van der Waals surface area contributed by atoms with Crippen LogP contribution >= 0.6 is 0 Å². The smallest absolute Gasteiger partial charge is 0.243 e. The minimum atomic E-state index is -4.06. The average Bonchev–Trinajstić information content (AvgIpc) is 3.48. The summed E-state index contributed by atoms with van der Waals surface area (Å²) in [5.41, 5.74) is 0.372. The molecule has 0 saturated heterocycles. The Morgan fingerprint density at radius 1 is 1.06 bits per heavy atom. The highest BCUT2D eigenvalue weighted by Crippen LogP contribution is 2.38. The second-order valence-corrected chi connectivity index (χ2v) is 10.0. The number of hydrogen-bond donors (Lipinski definition) is 1. The number of nitrogens with one attached hydrogen (secondary N) is 1. The molecule has 4 rings (SSSR count). The number of rotatable bonds is 9. The maximum absolute atomic E-state index is 13.4. The van der Waals surface area contributed by atoms with Crippen molar-refractivity contribution in [1.29, 1.82) is 0 Å². The average molecular weight is 519 g/mol. The quantitative estimate of drug-likeness (QED) is 0.349. The summed E-state index contributed by atoms with van der Waals surface area (Å²) in [6.45, 7) is 4.92. The molecule has 3 aromatic heterocycles. The molecule has 0 bridgehead atoms. The molecule has 0 spiro atoms. The van der Waals surface area contributed by atoms with Crippen molar-refractivity contribution in [2.75, 3.05) is 18.9 Å². The predicted molar refractivity (Wildman–Crippen MR) is 131 cm³/mol. The van der Waals surface area contributed by atoms with E-state index in [1.807, 2.05) is 0 Å². The van der Waals surface area contributed by atoms with E-state index in [2.05, 4.69) is 24.9 Å². The van der Waals surface area contributed by atoms with Gasteiger partial charge in [-0.15, -0.1) is 10.2 Å². The molecule has 1 N–H and O–H groups in total. The van der Waals surface area contributed by atoms with Crippen LogP contribution in [0.25, 0.3) is 17.3 Å². The minimum Gasteiger partial charge on any atom is -0.494 e. The van der Waals surface area contributed by atoms with E-state index in [0.29, 0.717) is 28.7 Å². The van der Waals surface area contributed by atoms with Crippen molar-refractivity contribution in [3.8, 4) is 28.8 Å². The van der Waals surface area contributed by atoms with Crippen molar-refractivity contribution in [1.82, 2.24) is 24.7 Å². The normalized spacial score (nSPS) is 13.3. The van der Waals surface area contributed by atoms with Gasteiger partial charge in [-0.3, -0.25) is 9.29 Å². The third-order valence-electron chi connectivity index (χ3n) is 5.72. The first-order chi connectivity index (χ1) is 17.2. The van der Waals surface area contributed by atoms with Crippen molar-refractivity contribution in [3.63, 3.8) is 0 Å². The van der Waals surface area contributed by atoms with Gasteiger partial charge in [0, 0.05) is 7.34 Å². The second kappa shape index (κ2) is 9.93. The topological polar surface area (TPSA) is 134 Å². The number of aryl methyl sites for hydroxylation is 1. The maximum Gasteiger partial charge on any atom is 0.243 e. The lowest BCUT2D eigenvalue weighted by atomic mass is 10.1. The van der Waals surface area contributed by atoms with Crippen LogP contribution in [0.5, 0.6) is 11.5 Å². The van der Waals surface area contributed by atoms with Gasteiger partial charge < -0.3 is 13.9 Å². The Bertz CT molecular complexity index is 1450. The van der Waals surface area contributed by atoms with E-state index in [1.54, 1.807) is 44.2 Å². The van der Waals surface area contributed by atoms with Crippen LogP contribution in [0.1, 0.15) is 32.8 Å². The van der Waals surface area contributed by atoms with Gasteiger partial charge in [0.25, 0.3) is 0 Å². The Morgan fingerprint density at radius 3 is 2.25 bits per heavy atom. The SMILES string of the molecule is COc1cccc(OC)c1-n1c(NS(=O)(=O)[C@@H](C)[C@H](C)c2ncc(F)cn2)nnc1-c1ccc(C)o1.[HH]. The van der Waals surface area contributed by atoms with Crippen LogP contribution in [0.3, 0.4) is 0 Å². The van der Waals surface area contributed by atoms with Crippen LogP contribution in [-0.2, 0) is 10.0 Å². The molecule has 4 aromatic rings. The van der Waals surface area contributed by atoms with E-state index in [1.165, 1.54) is 25.7 Å². The van der Waals surface area contributed by atoms with Crippen LogP contribution in [0.15, 0.2) is 47.1 Å². The van der Waals surface area contributed by atoms with Crippen LogP contribution < -0.4 is 14.2 Å². The third kappa shape index (κ3) is 4.73. The van der Waals surface area contributed by atoms with Gasteiger partial charge in [-0.05, 0) is 38.1 Å². The number of furan rings is 1. The largest absolute Gasteiger partial charge is 0.494 e. The Balaban J connectivity index is 0.00000380. The first-order valence-electron chi connectivity index (χ1n) is 10.9. The lowest BCUT2D eigenvalue weighted by molar-refractivity contribution is 0.391. The number of hydrogen-bond acceptors (Lipinski definition) is 9. The molecule has 0 saturated carbocycles. The summed E-state index contributed by atoms with van der Waals surface area (Å²) in [6.07, 6.45) is 1.99. The van der Waals surface area contributed by atoms with Gasteiger partial charge in [-0.25, -0.2) is 22.8 Å². The summed E-state index contributed by atoms with van der Waals surface area (Å²) in [4.78, 5) is 7.84. The Morgan fingerprint density at radius 2 is 1.69 bits per heavy atom. The van der Waals surface area contributed by atoms with E-state index >= 15 is 0 Å². The molecule has 13 heteroatoms. The maximum atomic E-state index is 13.4. The standard InChI is InChI=1S/C23H25FN6O5S.H2/c1-13-9-10-19(35-13)22-27-28-23(30(22)20-17(33-4)7-6-8-18(20)34-5)29-36(31,32)15(3)14(2)21-25-11-16(24)12-26-21;/h6-12,14-15H,1-5H3,(H,28,29);1H/t14-,15-;/m0./s1. The molecule has 0 fully saturated rings. The molecule has 0 aliphatic heterocycles. The van der Waals surface area contributed by atoms with Crippen LogP contribution in [-0.4, -0.2) is 52.6 Å². The van der Waals surface area contributed by atoms with E-state index in [-0.39, 0.29) is 19.0 Å². The highest BCUT2D eigenvalue weighted by atomic mass is 32.2. The lowest BCUT2D eigenvalue weighted by Crippen LogP contribution is -2.31. The van der Waals surface area contributed by atoms with E-state index < -0.39 is 27.0 Å². The first-order valence-corrected chi connectivity index (χ1v) is 12.4. The molecule has 1 aromatic carbocycles. The van der Waals surface area contributed by atoms with Gasteiger partial charge in [0.15, 0.2) is 11.6 Å². The number of nitrogens with zero attached hydrogens (tertiary/aromatic N) is 5. The summed E-state index contributed by atoms with van der Waals surface area (Å²) in [5.74, 6) is 0.808. The summed E-state index contributed by atoms with van der Waals surface area (Å²) < 4.78 is 60.9. The number of anilines is 1. The van der Waals surface area contributed by atoms with Crippen molar-refractivity contribution in [2.45, 2.75) is 31.9 Å². The van der Waals surface area contributed by atoms with Gasteiger partial charge in [-0.1, -0.05) is 13.0 Å². The zero-order valence-electron chi connectivity index (χ0n) is 20.3. The van der Waals surface area contributed by atoms with Crippen molar-refractivity contribution < 1.29 is 28.1 Å². The lowest BCUT2D eigenvalue weighted by Gasteiger charge is -2.21. The van der Waals surface area contributed by atoms with Gasteiger partial charge in [0.2, 0.25) is 21.8 Å². The first kappa shape index (κ1) is 25.1. The van der Waals surface area contributed by atoms with Gasteiger partial charge in [-0.2, -0.15) is 0 Å². The number of sulfonamides is 1. The predicted octanol–water partition coefficient (Wildman–Crippen LogP) is 3.96. The molecule has 0 radical (unpaired) electrons. The molecule has 2 atom stereocenters. The number of halogens is 1. The molecule has 3 heterocycles. The second-order valence-electron chi connectivity index (χ2n) is 8.00. The number of methoxy groups -OCH3 is 2. The molecular weight excluding hydrogens is 491 g/mol. The monoisotopic (exact) mass is 518 g/mol. The third-order valence-corrected chi connectivity index (χ3v) is 7.58. The molecule has 36 heavy (non-hydrogen) atoms. The van der Waals surface area contributed by atoms with E-state index in [0.717, 1.165) is 12.4 Å². The van der Waals surface area contributed by atoms with Gasteiger partial charge in [0.1, 0.15) is 28.8 Å². The fraction of sp³-hybridized carbons (Fsp3) is 0.304. The molecule has 192 valence electrons. The summed E-state index contributed by atoms with van der Waals surface area (Å²) in [6, 6.07) is 8.59.